The number of fused-ring (bicyclic) bond motifs is 9. The molecule has 8 bridgehead atoms. The van der Waals surface area contributed by atoms with E-state index in [4.69, 9.17) is 16.2 Å². The molecule has 2 heterocycles. The average Bonchev–Trinajstić information content (AvgIpc) is 3.99. The molecule has 3 aliphatic carbocycles. The third-order valence-electron chi connectivity index (χ3n) is 13.9. The van der Waals surface area contributed by atoms with Crippen molar-refractivity contribution in [3.05, 3.63) is 123 Å². The van der Waals surface area contributed by atoms with Crippen LogP contribution in [0.1, 0.15) is 138 Å². The number of ether oxygens (including phenoxy) is 1. The Labute approximate surface area is 373 Å². The highest BCUT2D eigenvalue weighted by atomic mass is 33.1. The lowest BCUT2D eigenvalue weighted by molar-refractivity contribution is -0.114. The lowest BCUT2D eigenvalue weighted by Gasteiger charge is -2.32. The number of phenols is 2. The predicted molar refractivity (Wildman–Crippen MR) is 248 cm³/mol. The fourth-order valence-corrected chi connectivity index (χ4v) is 12.7. The van der Waals surface area contributed by atoms with Crippen LogP contribution >= 0.6 is 21.6 Å². The van der Waals surface area contributed by atoms with Gasteiger partial charge in [0, 0.05) is 65.3 Å². The lowest BCUT2D eigenvalue weighted by Crippen LogP contribution is -2.22. The summed E-state index contributed by atoms with van der Waals surface area (Å²) in [6, 6.07) is 16.5. The molecule has 326 valence electrons. The van der Waals surface area contributed by atoms with E-state index in [0.717, 1.165) is 58.5 Å². The number of aromatic nitrogens is 1. The number of nitrogens with two attached hydrogens (primary N) is 2. The van der Waals surface area contributed by atoms with Gasteiger partial charge in [-0.2, -0.15) is 0 Å². The number of aromatic amines is 1. The second-order valence-corrected chi connectivity index (χ2v) is 21.0. The van der Waals surface area contributed by atoms with E-state index in [1.54, 1.807) is 58.1 Å². The number of aliphatic hydroxyl groups is 1. The number of aliphatic hydroxyl groups excluding tert-OH is 1. The monoisotopic (exact) mass is 873 g/mol. The molecule has 11 heteroatoms. The zero-order valence-electron chi connectivity index (χ0n) is 35.6. The molecule has 2 fully saturated rings. The van der Waals surface area contributed by atoms with Crippen molar-refractivity contribution in [2.45, 2.75) is 114 Å². The minimum Gasteiger partial charge on any atom is -0.508 e. The first-order valence-electron chi connectivity index (χ1n) is 22.1. The number of carbonyl (C=O) groups is 2. The molecule has 4 atom stereocenters. The van der Waals surface area contributed by atoms with Crippen molar-refractivity contribution in [2.75, 3.05) is 12.4 Å². The van der Waals surface area contributed by atoms with Crippen LogP contribution in [0, 0.1) is 28.6 Å². The summed E-state index contributed by atoms with van der Waals surface area (Å²) in [5.74, 6) is 7.91. The highest BCUT2D eigenvalue weighted by molar-refractivity contribution is 8.76. The van der Waals surface area contributed by atoms with Crippen molar-refractivity contribution < 1.29 is 29.6 Å². The van der Waals surface area contributed by atoms with Gasteiger partial charge in [-0.05, 0) is 126 Å². The number of H-pyrrole nitrogens is 1. The van der Waals surface area contributed by atoms with Crippen molar-refractivity contribution >= 4 is 33.2 Å². The molecule has 8 rings (SSSR count). The van der Waals surface area contributed by atoms with Crippen molar-refractivity contribution in [3.63, 3.8) is 0 Å². The number of hydrogen-bond donors (Lipinski definition) is 6. The number of ketones is 2. The van der Waals surface area contributed by atoms with Gasteiger partial charge in [0.05, 0.1) is 25.3 Å². The lowest BCUT2D eigenvalue weighted by atomic mass is 9.73. The van der Waals surface area contributed by atoms with E-state index < -0.39 is 18.2 Å². The Bertz CT molecular complexity index is 2390. The van der Waals surface area contributed by atoms with Gasteiger partial charge >= 0.3 is 0 Å². The summed E-state index contributed by atoms with van der Waals surface area (Å²) in [6.07, 6.45) is 14.6. The maximum Gasteiger partial charge on any atom is 0.165 e. The number of benzene rings is 3. The number of carbonyl (C=O) groups excluding carboxylic acids is 2. The molecule has 1 aromatic heterocycles. The zero-order chi connectivity index (χ0) is 43.4. The highest BCUT2D eigenvalue weighted by Gasteiger charge is 2.44. The van der Waals surface area contributed by atoms with E-state index in [0.29, 0.717) is 65.7 Å². The Morgan fingerprint density at radius 3 is 2.52 bits per heavy atom. The molecule has 9 nitrogen and oxygen atoms in total. The van der Waals surface area contributed by atoms with Crippen molar-refractivity contribution in [2.24, 2.45) is 28.2 Å². The second-order valence-electron chi connectivity index (χ2n) is 18.4. The van der Waals surface area contributed by atoms with Crippen LogP contribution in [0.25, 0.3) is 0 Å². The summed E-state index contributed by atoms with van der Waals surface area (Å²) in [7, 11) is 3.42. The number of aromatic hydroxyl groups is 2. The normalized spacial score (nSPS) is 24.8. The minimum absolute atomic E-state index is 0.0153. The van der Waals surface area contributed by atoms with E-state index in [2.05, 4.69) is 35.9 Å². The van der Waals surface area contributed by atoms with Crippen molar-refractivity contribution in [1.29, 1.82) is 0 Å². The van der Waals surface area contributed by atoms with Crippen LogP contribution in [-0.4, -0.2) is 50.3 Å². The summed E-state index contributed by atoms with van der Waals surface area (Å²) < 4.78 is 6.14. The van der Waals surface area contributed by atoms with E-state index in [1.807, 2.05) is 24.3 Å². The number of phenolic OH excluding ortho intramolecular Hbond substituents is 2. The Hall–Kier alpha value is -4.44. The van der Waals surface area contributed by atoms with Gasteiger partial charge in [0.25, 0.3) is 0 Å². The van der Waals surface area contributed by atoms with E-state index in [1.165, 1.54) is 25.7 Å². The predicted octanol–water partition coefficient (Wildman–Crippen LogP) is 9.35. The Morgan fingerprint density at radius 2 is 1.71 bits per heavy atom. The zero-order valence-corrected chi connectivity index (χ0v) is 37.2. The van der Waals surface area contributed by atoms with Crippen LogP contribution in [0.2, 0.25) is 0 Å². The van der Waals surface area contributed by atoms with Gasteiger partial charge in [-0.3, -0.25) is 9.59 Å². The van der Waals surface area contributed by atoms with Gasteiger partial charge in [-0.1, -0.05) is 83.5 Å². The number of aryl methyl sites for hydroxylation is 1. The molecule has 2 saturated carbocycles. The molecule has 3 aromatic carbocycles. The largest absolute Gasteiger partial charge is 0.508 e. The maximum atomic E-state index is 14.2. The molecular weight excluding hydrogens is 815 g/mol. The standard InChI is InChI=1S/C51H59N3O6S2/c1-50(16-2-3-17-50)19-20-51-18-13-37(55)10-7-32-9-12-45(57)48(24-32)60-22-15-33-8-11-44(56)42(23-33)41-27-46(58)38-14-21-54-43(38)6-4-5-34-25-40(49(52)53)35(26-39(34)41)30-61-62-31-36(28-51)47(59)29-51/h8-9,11-14,18,21,23-26,36,41,47,49,54,56-57,59H,2-3,6-7,10,15-17,19-20,22,27-31,52-53H2,1H3/b18-13+/t36-,41+,47+,51-/m0/s1. The van der Waals surface area contributed by atoms with E-state index in [9.17, 15) is 24.9 Å². The third-order valence-corrected chi connectivity index (χ3v) is 16.3. The van der Waals surface area contributed by atoms with Gasteiger partial charge in [-0.15, -0.1) is 0 Å². The molecule has 0 saturated heterocycles. The van der Waals surface area contributed by atoms with E-state index in [-0.39, 0.29) is 47.4 Å². The molecule has 1 aliphatic heterocycles. The molecule has 0 spiro atoms. The second kappa shape index (κ2) is 19.1. The Morgan fingerprint density at radius 1 is 0.919 bits per heavy atom. The van der Waals surface area contributed by atoms with Crippen LogP contribution in [0.4, 0.5) is 0 Å². The van der Waals surface area contributed by atoms with Gasteiger partial charge < -0.3 is 36.5 Å². The Balaban J connectivity index is 1.15. The molecule has 0 unspecified atom stereocenters. The number of Topliss-reactive ketones (excluding diaryl/α,β-unsaturated/α-hetero) is 1. The first kappa shape index (κ1) is 44.2. The molecule has 62 heavy (non-hydrogen) atoms. The van der Waals surface area contributed by atoms with Gasteiger partial charge in [0.15, 0.2) is 23.1 Å². The molecule has 0 radical (unpaired) electrons. The minimum atomic E-state index is -0.769. The summed E-state index contributed by atoms with van der Waals surface area (Å²) >= 11 is 0. The molecule has 4 aromatic rings. The topological polar surface area (TPSA) is 172 Å². The first-order chi connectivity index (χ1) is 29.9. The van der Waals surface area contributed by atoms with Crippen molar-refractivity contribution in [1.82, 2.24) is 4.98 Å². The number of rotatable bonds is 4. The maximum absolute atomic E-state index is 14.2. The van der Waals surface area contributed by atoms with Crippen LogP contribution in [-0.2, 0) is 29.8 Å². The quantitative estimate of drug-likeness (QED) is 0.0660. The van der Waals surface area contributed by atoms with Crippen LogP contribution in [0.15, 0.2) is 72.9 Å². The van der Waals surface area contributed by atoms with Gasteiger partial charge in [0.1, 0.15) is 5.75 Å². The smallest absolute Gasteiger partial charge is 0.165 e. The number of hydrogen-bond acceptors (Lipinski definition) is 10. The fraction of sp³-hybridized carbons (Fsp3) is 0.451. The SMILES string of the molecule is CC1(CC[C@@]23/C=C/C(=O)CCc4ccc(O)c(c4)OCCc4ccc(O)c(c4)[C@@H]4CC(=O)c5cc[nH]c5CC#Cc5cc(C(N)N)c(cc54)CSSC[C@H](C2)[C@H](O)C3)CCCC1. The molecule has 8 N–H and O–H groups in total. The molecule has 4 aliphatic rings. The first-order valence-corrected chi connectivity index (χ1v) is 24.6. The number of nitrogens with one attached hydrogen (secondary N) is 1. The van der Waals surface area contributed by atoms with Crippen LogP contribution in [0.3, 0.4) is 0 Å². The average molecular weight is 874 g/mol. The third kappa shape index (κ3) is 10.2. The van der Waals surface area contributed by atoms with Gasteiger partial charge in [-0.25, -0.2) is 0 Å². The molecular formula is C51H59N3O6S2. The Kier molecular flexibility index (Phi) is 13.6. The summed E-state index contributed by atoms with van der Waals surface area (Å²) in [5, 5.41) is 33.9. The fourth-order valence-electron chi connectivity index (χ4n) is 10.2. The van der Waals surface area contributed by atoms with Crippen LogP contribution in [0.5, 0.6) is 17.2 Å². The molecule has 0 amide bonds. The summed E-state index contributed by atoms with van der Waals surface area (Å²) in [5.41, 5.74) is 19.9. The number of allylic oxidation sites excluding steroid dienone is 2. The summed E-state index contributed by atoms with van der Waals surface area (Å²) in [6.45, 7) is 2.64. The van der Waals surface area contributed by atoms with E-state index >= 15 is 0 Å². The van der Waals surface area contributed by atoms with Crippen LogP contribution < -0.4 is 16.2 Å². The highest BCUT2D eigenvalue weighted by Crippen LogP contribution is 2.52. The van der Waals surface area contributed by atoms with Crippen molar-refractivity contribution in [3.8, 4) is 29.1 Å². The summed E-state index contributed by atoms with van der Waals surface area (Å²) in [4.78, 5) is 30.8. The van der Waals surface area contributed by atoms with Gasteiger partial charge in [0.2, 0.25) is 0 Å².